The van der Waals surface area contributed by atoms with Gasteiger partial charge in [0.2, 0.25) is 5.91 Å². The van der Waals surface area contributed by atoms with Gasteiger partial charge < -0.3 is 15.8 Å². The smallest absolute Gasteiger partial charge is 0.228 e. The second-order valence-electron chi connectivity index (χ2n) is 6.37. The van der Waals surface area contributed by atoms with Crippen LogP contribution >= 0.6 is 0 Å². The molecule has 0 saturated heterocycles. The Morgan fingerprint density at radius 3 is 2.50 bits per heavy atom. The highest BCUT2D eigenvalue weighted by Crippen LogP contribution is 2.26. The van der Waals surface area contributed by atoms with E-state index >= 15 is 0 Å². The van der Waals surface area contributed by atoms with Gasteiger partial charge in [-0.15, -0.1) is 0 Å². The first-order chi connectivity index (χ1) is 9.26. The molecule has 0 bridgehead atoms. The number of methoxy groups -OCH3 is 1. The van der Waals surface area contributed by atoms with Crippen molar-refractivity contribution in [1.82, 2.24) is 0 Å². The molecule has 20 heavy (non-hydrogen) atoms. The average molecular weight is 278 g/mol. The summed E-state index contributed by atoms with van der Waals surface area (Å²) in [6, 6.07) is 5.60. The Labute approximate surface area is 121 Å². The first-order valence-corrected chi connectivity index (χ1v) is 6.92. The Morgan fingerprint density at radius 1 is 1.40 bits per heavy atom. The van der Waals surface area contributed by atoms with Gasteiger partial charge in [0, 0.05) is 12.2 Å². The van der Waals surface area contributed by atoms with Crippen LogP contribution in [-0.4, -0.2) is 19.6 Å². The number of carbonyl (C=O) groups is 1. The van der Waals surface area contributed by atoms with E-state index in [0.717, 1.165) is 23.4 Å². The zero-order valence-electron chi connectivity index (χ0n) is 13.1. The van der Waals surface area contributed by atoms with Crippen molar-refractivity contribution in [3.8, 4) is 5.75 Å². The number of amides is 1. The van der Waals surface area contributed by atoms with Crippen molar-refractivity contribution < 1.29 is 9.53 Å². The number of nitrogens with one attached hydrogen (secondary N) is 1. The maximum Gasteiger partial charge on any atom is 0.228 e. The van der Waals surface area contributed by atoms with Gasteiger partial charge in [-0.05, 0) is 42.5 Å². The summed E-state index contributed by atoms with van der Waals surface area (Å²) < 4.78 is 5.21. The van der Waals surface area contributed by atoms with E-state index in [9.17, 15) is 4.79 Å². The quantitative estimate of drug-likeness (QED) is 0.870. The fourth-order valence-electron chi connectivity index (χ4n) is 2.22. The Hall–Kier alpha value is -1.55. The maximum absolute atomic E-state index is 12.3. The van der Waals surface area contributed by atoms with Crippen molar-refractivity contribution in [2.45, 2.75) is 34.1 Å². The van der Waals surface area contributed by atoms with Gasteiger partial charge in [-0.25, -0.2) is 0 Å². The monoisotopic (exact) mass is 278 g/mol. The molecular weight excluding hydrogens is 252 g/mol. The molecule has 1 unspecified atom stereocenters. The minimum Gasteiger partial charge on any atom is -0.496 e. The van der Waals surface area contributed by atoms with Gasteiger partial charge in [0.05, 0.1) is 13.0 Å². The summed E-state index contributed by atoms with van der Waals surface area (Å²) >= 11 is 0. The molecule has 4 heteroatoms. The molecule has 0 saturated carbocycles. The molecule has 4 nitrogen and oxygen atoms in total. The summed E-state index contributed by atoms with van der Waals surface area (Å²) in [6.45, 7) is 8.64. The van der Waals surface area contributed by atoms with Crippen LogP contribution in [0.25, 0.3) is 0 Å². The van der Waals surface area contributed by atoms with Crippen LogP contribution in [0.1, 0.15) is 32.8 Å². The number of ether oxygens (including phenoxy) is 1. The number of hydrogen-bond donors (Lipinski definition) is 2. The molecule has 0 spiro atoms. The summed E-state index contributed by atoms with van der Waals surface area (Å²) in [5.41, 5.74) is 7.58. The molecule has 0 aliphatic carbocycles. The molecule has 112 valence electrons. The molecule has 0 aliphatic heterocycles. The van der Waals surface area contributed by atoms with Crippen LogP contribution in [0.15, 0.2) is 18.2 Å². The van der Waals surface area contributed by atoms with Gasteiger partial charge in [0.1, 0.15) is 5.75 Å². The zero-order chi connectivity index (χ0) is 15.3. The van der Waals surface area contributed by atoms with Crippen molar-refractivity contribution in [3.63, 3.8) is 0 Å². The Balaban J connectivity index is 2.76. The molecule has 0 heterocycles. The summed E-state index contributed by atoms with van der Waals surface area (Å²) in [5, 5.41) is 2.93. The van der Waals surface area contributed by atoms with Crippen LogP contribution in [0, 0.1) is 18.3 Å². The number of aryl methyl sites for hydroxylation is 1. The van der Waals surface area contributed by atoms with E-state index in [1.54, 1.807) is 7.11 Å². The normalized spacial score (nSPS) is 12.9. The number of nitrogens with two attached hydrogens (primary N) is 1. The van der Waals surface area contributed by atoms with Crippen LogP contribution in [-0.2, 0) is 4.79 Å². The Bertz CT molecular complexity index is 464. The summed E-state index contributed by atoms with van der Waals surface area (Å²) in [6.07, 6.45) is 0.768. The van der Waals surface area contributed by atoms with Crippen molar-refractivity contribution in [1.29, 1.82) is 0 Å². The summed E-state index contributed by atoms with van der Waals surface area (Å²) in [5.74, 6) is 0.623. The number of benzene rings is 1. The zero-order valence-corrected chi connectivity index (χ0v) is 13.1. The van der Waals surface area contributed by atoms with E-state index in [1.165, 1.54) is 0 Å². The van der Waals surface area contributed by atoms with E-state index in [4.69, 9.17) is 10.5 Å². The van der Waals surface area contributed by atoms with E-state index in [1.807, 2.05) is 25.1 Å². The highest BCUT2D eigenvalue weighted by atomic mass is 16.5. The highest BCUT2D eigenvalue weighted by molar-refractivity contribution is 5.92. The molecular formula is C16H26N2O2. The van der Waals surface area contributed by atoms with E-state index in [-0.39, 0.29) is 17.2 Å². The van der Waals surface area contributed by atoms with Crippen molar-refractivity contribution in [2.75, 3.05) is 19.0 Å². The molecule has 0 aromatic heterocycles. The van der Waals surface area contributed by atoms with Gasteiger partial charge >= 0.3 is 0 Å². The third kappa shape index (κ3) is 4.85. The van der Waals surface area contributed by atoms with Gasteiger partial charge in [-0.3, -0.25) is 4.79 Å². The van der Waals surface area contributed by atoms with Crippen molar-refractivity contribution in [3.05, 3.63) is 23.8 Å². The fraction of sp³-hybridized carbons (Fsp3) is 0.562. The maximum atomic E-state index is 12.3. The molecule has 1 amide bonds. The van der Waals surface area contributed by atoms with Crippen molar-refractivity contribution in [2.24, 2.45) is 17.1 Å². The molecule has 1 atom stereocenters. The van der Waals surface area contributed by atoms with Gasteiger partial charge in [0.15, 0.2) is 0 Å². The van der Waals surface area contributed by atoms with Crippen LogP contribution in [0.4, 0.5) is 5.69 Å². The number of carbonyl (C=O) groups excluding carboxylic acids is 1. The van der Waals surface area contributed by atoms with E-state index in [0.29, 0.717) is 6.54 Å². The van der Waals surface area contributed by atoms with Crippen LogP contribution < -0.4 is 15.8 Å². The Kier molecular flexibility index (Phi) is 5.57. The molecule has 3 N–H and O–H groups in total. The third-order valence-corrected chi connectivity index (χ3v) is 3.18. The SMILES string of the molecule is COc1ccc(NC(=O)C(CN)CC(C)(C)C)cc1C. The predicted molar refractivity (Wildman–Crippen MR) is 83.0 cm³/mol. The molecule has 0 aliphatic rings. The van der Waals surface area contributed by atoms with Crippen LogP contribution in [0.3, 0.4) is 0 Å². The largest absolute Gasteiger partial charge is 0.496 e. The first-order valence-electron chi connectivity index (χ1n) is 6.92. The standard InChI is InChI=1S/C16H26N2O2/c1-11-8-13(6-7-14(11)20-5)18-15(19)12(10-17)9-16(2,3)4/h6-8,12H,9-10,17H2,1-5H3,(H,18,19). The number of rotatable bonds is 5. The molecule has 0 radical (unpaired) electrons. The van der Waals surface area contributed by atoms with Crippen LogP contribution in [0.5, 0.6) is 5.75 Å². The number of hydrogen-bond acceptors (Lipinski definition) is 3. The lowest BCUT2D eigenvalue weighted by Gasteiger charge is -2.24. The minimum absolute atomic E-state index is 0.0213. The van der Waals surface area contributed by atoms with Crippen molar-refractivity contribution >= 4 is 11.6 Å². The second kappa shape index (κ2) is 6.75. The first kappa shape index (κ1) is 16.5. The minimum atomic E-state index is -0.169. The summed E-state index contributed by atoms with van der Waals surface area (Å²) in [4.78, 5) is 12.3. The molecule has 1 aromatic rings. The average Bonchev–Trinajstić information content (AvgIpc) is 2.35. The van der Waals surface area contributed by atoms with Gasteiger partial charge in [-0.2, -0.15) is 0 Å². The third-order valence-electron chi connectivity index (χ3n) is 3.18. The lowest BCUT2D eigenvalue weighted by Crippen LogP contribution is -2.32. The lowest BCUT2D eigenvalue weighted by molar-refractivity contribution is -0.120. The topological polar surface area (TPSA) is 64.3 Å². The molecule has 1 aromatic carbocycles. The number of anilines is 1. The lowest BCUT2D eigenvalue weighted by atomic mass is 9.84. The second-order valence-corrected chi connectivity index (χ2v) is 6.37. The van der Waals surface area contributed by atoms with Gasteiger partial charge in [0.25, 0.3) is 0 Å². The Morgan fingerprint density at radius 2 is 2.05 bits per heavy atom. The highest BCUT2D eigenvalue weighted by Gasteiger charge is 2.23. The van der Waals surface area contributed by atoms with Gasteiger partial charge in [-0.1, -0.05) is 20.8 Å². The molecule has 0 fully saturated rings. The fourth-order valence-corrected chi connectivity index (χ4v) is 2.22. The van der Waals surface area contributed by atoms with E-state index in [2.05, 4.69) is 26.1 Å². The van der Waals surface area contributed by atoms with Crippen LogP contribution in [0.2, 0.25) is 0 Å². The molecule has 1 rings (SSSR count). The van der Waals surface area contributed by atoms with E-state index < -0.39 is 0 Å². The predicted octanol–water partition coefficient (Wildman–Crippen LogP) is 2.95. The summed E-state index contributed by atoms with van der Waals surface area (Å²) in [7, 11) is 1.63.